The van der Waals surface area contributed by atoms with Gasteiger partial charge in [0.2, 0.25) is 5.95 Å². The summed E-state index contributed by atoms with van der Waals surface area (Å²) in [6.45, 7) is 7.18. The minimum Gasteiger partial charge on any atom is -0.338 e. The van der Waals surface area contributed by atoms with Crippen LogP contribution >= 0.6 is 0 Å². The molecular weight excluding hydrogens is 200 g/mol. The van der Waals surface area contributed by atoms with Crippen molar-refractivity contribution in [1.29, 1.82) is 0 Å². The van der Waals surface area contributed by atoms with Gasteiger partial charge in [-0.1, -0.05) is 0 Å². The molecule has 1 aliphatic heterocycles. The maximum atomic E-state index is 5.96. The van der Waals surface area contributed by atoms with Gasteiger partial charge in [0, 0.05) is 30.0 Å². The van der Waals surface area contributed by atoms with Crippen LogP contribution in [-0.2, 0) is 0 Å². The first kappa shape index (κ1) is 11.3. The number of nitrogens with two attached hydrogens (primary N) is 1. The summed E-state index contributed by atoms with van der Waals surface area (Å²) in [5, 5.41) is 0. The number of piperidine rings is 1. The van der Waals surface area contributed by atoms with Gasteiger partial charge in [0.1, 0.15) is 0 Å². The molecule has 2 rings (SSSR count). The Morgan fingerprint density at radius 2 is 1.94 bits per heavy atom. The van der Waals surface area contributed by atoms with Gasteiger partial charge < -0.3 is 10.6 Å². The second-order valence-corrected chi connectivity index (χ2v) is 4.78. The average molecular weight is 220 g/mol. The van der Waals surface area contributed by atoms with Crippen LogP contribution in [-0.4, -0.2) is 28.6 Å². The van der Waals surface area contributed by atoms with Crippen molar-refractivity contribution < 1.29 is 0 Å². The van der Waals surface area contributed by atoms with Crippen LogP contribution in [0.25, 0.3) is 0 Å². The SMILES string of the molecule is Cc1cc(C)nc(N2CCC(N)CC2C)n1. The molecule has 4 nitrogen and oxygen atoms in total. The lowest BCUT2D eigenvalue weighted by Crippen LogP contribution is -2.46. The third-order valence-electron chi connectivity index (χ3n) is 3.14. The highest BCUT2D eigenvalue weighted by Gasteiger charge is 2.25. The number of anilines is 1. The smallest absolute Gasteiger partial charge is 0.226 e. The monoisotopic (exact) mass is 220 g/mol. The molecule has 2 atom stereocenters. The van der Waals surface area contributed by atoms with Gasteiger partial charge in [0.05, 0.1) is 0 Å². The molecule has 1 aromatic heterocycles. The van der Waals surface area contributed by atoms with E-state index < -0.39 is 0 Å². The van der Waals surface area contributed by atoms with Crippen LogP contribution in [0.15, 0.2) is 6.07 Å². The molecule has 0 radical (unpaired) electrons. The van der Waals surface area contributed by atoms with Crippen molar-refractivity contribution >= 4 is 5.95 Å². The molecule has 0 aromatic carbocycles. The summed E-state index contributed by atoms with van der Waals surface area (Å²) in [5.41, 5.74) is 8.02. The number of hydrogen-bond acceptors (Lipinski definition) is 4. The third kappa shape index (κ3) is 2.32. The molecular formula is C12H20N4. The molecule has 4 heteroatoms. The lowest BCUT2D eigenvalue weighted by molar-refractivity contribution is 0.424. The Labute approximate surface area is 96.9 Å². The van der Waals surface area contributed by atoms with Crippen LogP contribution < -0.4 is 10.6 Å². The Morgan fingerprint density at radius 1 is 1.31 bits per heavy atom. The molecule has 2 unspecified atom stereocenters. The molecule has 1 aromatic rings. The maximum absolute atomic E-state index is 5.96. The Morgan fingerprint density at radius 3 is 2.50 bits per heavy atom. The maximum Gasteiger partial charge on any atom is 0.226 e. The third-order valence-corrected chi connectivity index (χ3v) is 3.14. The van der Waals surface area contributed by atoms with Gasteiger partial charge >= 0.3 is 0 Å². The molecule has 1 saturated heterocycles. The number of rotatable bonds is 1. The first-order valence-electron chi connectivity index (χ1n) is 5.91. The lowest BCUT2D eigenvalue weighted by atomic mass is 10.00. The first-order valence-corrected chi connectivity index (χ1v) is 5.91. The second-order valence-electron chi connectivity index (χ2n) is 4.78. The number of aromatic nitrogens is 2. The van der Waals surface area contributed by atoms with Crippen molar-refractivity contribution in [3.05, 3.63) is 17.5 Å². The van der Waals surface area contributed by atoms with Crippen LogP contribution in [0.2, 0.25) is 0 Å². The zero-order valence-electron chi connectivity index (χ0n) is 10.3. The van der Waals surface area contributed by atoms with E-state index in [0.717, 1.165) is 36.7 Å². The van der Waals surface area contributed by atoms with Crippen LogP contribution in [0.1, 0.15) is 31.2 Å². The minimum absolute atomic E-state index is 0.331. The van der Waals surface area contributed by atoms with E-state index in [1.165, 1.54) is 0 Å². The predicted molar refractivity (Wildman–Crippen MR) is 65.5 cm³/mol. The van der Waals surface area contributed by atoms with Crippen molar-refractivity contribution in [3.8, 4) is 0 Å². The molecule has 0 amide bonds. The normalized spacial score (nSPS) is 25.9. The van der Waals surface area contributed by atoms with Gasteiger partial charge in [-0.2, -0.15) is 0 Å². The predicted octanol–water partition coefficient (Wildman–Crippen LogP) is 1.41. The van der Waals surface area contributed by atoms with Crippen LogP contribution in [0.5, 0.6) is 0 Å². The van der Waals surface area contributed by atoms with Crippen molar-refractivity contribution in [2.75, 3.05) is 11.4 Å². The first-order chi connectivity index (χ1) is 7.56. The highest BCUT2D eigenvalue weighted by Crippen LogP contribution is 2.21. The summed E-state index contributed by atoms with van der Waals surface area (Å²) < 4.78 is 0. The summed E-state index contributed by atoms with van der Waals surface area (Å²) in [7, 11) is 0. The lowest BCUT2D eigenvalue weighted by Gasteiger charge is -2.36. The van der Waals surface area contributed by atoms with Crippen LogP contribution in [0, 0.1) is 13.8 Å². The van der Waals surface area contributed by atoms with Gasteiger partial charge in [0.15, 0.2) is 0 Å². The summed E-state index contributed by atoms with van der Waals surface area (Å²) >= 11 is 0. The van der Waals surface area contributed by atoms with E-state index in [2.05, 4.69) is 21.8 Å². The Hall–Kier alpha value is -1.16. The molecule has 0 spiro atoms. The summed E-state index contributed by atoms with van der Waals surface area (Å²) in [4.78, 5) is 11.3. The molecule has 2 N–H and O–H groups in total. The average Bonchev–Trinajstić information content (AvgIpc) is 2.15. The molecule has 1 fully saturated rings. The highest BCUT2D eigenvalue weighted by molar-refractivity contribution is 5.34. The van der Waals surface area contributed by atoms with E-state index in [1.54, 1.807) is 0 Å². The quantitative estimate of drug-likeness (QED) is 0.777. The largest absolute Gasteiger partial charge is 0.338 e. The standard InChI is InChI=1S/C12H20N4/c1-8-6-9(2)15-12(14-8)16-5-4-11(13)7-10(16)3/h6,10-11H,4-5,7,13H2,1-3H3. The zero-order chi connectivity index (χ0) is 11.7. The van der Waals surface area contributed by atoms with E-state index in [9.17, 15) is 0 Å². The molecule has 16 heavy (non-hydrogen) atoms. The Bertz CT molecular complexity index is 357. The Balaban J connectivity index is 2.23. The number of hydrogen-bond donors (Lipinski definition) is 1. The number of nitrogens with zero attached hydrogens (tertiary/aromatic N) is 3. The van der Waals surface area contributed by atoms with Crippen molar-refractivity contribution in [3.63, 3.8) is 0 Å². The van der Waals surface area contributed by atoms with E-state index in [0.29, 0.717) is 12.1 Å². The van der Waals surface area contributed by atoms with Crippen molar-refractivity contribution in [1.82, 2.24) is 9.97 Å². The van der Waals surface area contributed by atoms with E-state index >= 15 is 0 Å². The summed E-state index contributed by atoms with van der Waals surface area (Å²) in [6, 6.07) is 2.77. The Kier molecular flexibility index (Phi) is 3.10. The van der Waals surface area contributed by atoms with E-state index in [-0.39, 0.29) is 0 Å². The molecule has 88 valence electrons. The fraction of sp³-hybridized carbons (Fsp3) is 0.667. The van der Waals surface area contributed by atoms with Gasteiger partial charge in [0.25, 0.3) is 0 Å². The second kappa shape index (κ2) is 4.37. The molecule has 2 heterocycles. The van der Waals surface area contributed by atoms with Gasteiger partial charge in [-0.25, -0.2) is 9.97 Å². The topological polar surface area (TPSA) is 55.0 Å². The van der Waals surface area contributed by atoms with Gasteiger partial charge in [-0.3, -0.25) is 0 Å². The van der Waals surface area contributed by atoms with Gasteiger partial charge in [-0.15, -0.1) is 0 Å². The van der Waals surface area contributed by atoms with Gasteiger partial charge in [-0.05, 0) is 39.7 Å². The van der Waals surface area contributed by atoms with Crippen molar-refractivity contribution in [2.45, 2.75) is 45.7 Å². The fourth-order valence-corrected chi connectivity index (χ4v) is 2.34. The fourth-order valence-electron chi connectivity index (χ4n) is 2.34. The molecule has 0 bridgehead atoms. The molecule has 0 saturated carbocycles. The molecule has 1 aliphatic rings. The number of aryl methyl sites for hydroxylation is 2. The van der Waals surface area contributed by atoms with Crippen LogP contribution in [0.4, 0.5) is 5.95 Å². The van der Waals surface area contributed by atoms with E-state index in [4.69, 9.17) is 5.73 Å². The highest BCUT2D eigenvalue weighted by atomic mass is 15.3. The van der Waals surface area contributed by atoms with E-state index in [1.807, 2.05) is 19.9 Å². The minimum atomic E-state index is 0.331. The zero-order valence-corrected chi connectivity index (χ0v) is 10.3. The molecule has 0 aliphatic carbocycles. The summed E-state index contributed by atoms with van der Waals surface area (Å²) in [6.07, 6.45) is 2.05. The van der Waals surface area contributed by atoms with Crippen molar-refractivity contribution in [2.24, 2.45) is 5.73 Å². The summed E-state index contributed by atoms with van der Waals surface area (Å²) in [5.74, 6) is 0.858. The van der Waals surface area contributed by atoms with Crippen LogP contribution in [0.3, 0.4) is 0 Å².